The maximum Gasteiger partial charge on any atom is 0.314 e. The summed E-state index contributed by atoms with van der Waals surface area (Å²) in [6, 6.07) is 5.94. The predicted octanol–water partition coefficient (Wildman–Crippen LogP) is 2.62. The Balaban J connectivity index is 2.25. The van der Waals surface area contributed by atoms with E-state index in [1.807, 2.05) is 6.92 Å². The Bertz CT molecular complexity index is 648. The molecule has 21 heavy (non-hydrogen) atoms. The fourth-order valence-electron chi connectivity index (χ4n) is 1.67. The molecule has 0 saturated heterocycles. The van der Waals surface area contributed by atoms with Crippen LogP contribution in [0.5, 0.6) is 17.4 Å². The first-order chi connectivity index (χ1) is 10.1. The van der Waals surface area contributed by atoms with Crippen molar-refractivity contribution in [3.63, 3.8) is 0 Å². The summed E-state index contributed by atoms with van der Waals surface area (Å²) in [5.74, 6) is 1.37. The highest BCUT2D eigenvalue weighted by molar-refractivity contribution is 5.51. The van der Waals surface area contributed by atoms with Crippen molar-refractivity contribution < 1.29 is 14.4 Å². The van der Waals surface area contributed by atoms with Gasteiger partial charge in [0, 0.05) is 12.6 Å². The molecule has 110 valence electrons. The van der Waals surface area contributed by atoms with E-state index in [-0.39, 0.29) is 11.4 Å². The lowest BCUT2D eigenvalue weighted by Crippen LogP contribution is -2.00. The van der Waals surface area contributed by atoms with Gasteiger partial charge in [0.05, 0.1) is 18.1 Å². The zero-order valence-corrected chi connectivity index (χ0v) is 11.6. The molecule has 2 rings (SSSR count). The molecule has 2 aromatic rings. The third-order valence-corrected chi connectivity index (χ3v) is 2.57. The van der Waals surface area contributed by atoms with Gasteiger partial charge < -0.3 is 14.8 Å². The fraction of sp³-hybridized carbons (Fsp3) is 0.231. The van der Waals surface area contributed by atoms with E-state index in [9.17, 15) is 10.1 Å². The van der Waals surface area contributed by atoms with Crippen LogP contribution >= 0.6 is 0 Å². The van der Waals surface area contributed by atoms with Crippen LogP contribution in [0.25, 0.3) is 0 Å². The van der Waals surface area contributed by atoms with Gasteiger partial charge in [-0.05, 0) is 19.1 Å². The van der Waals surface area contributed by atoms with E-state index in [2.05, 4.69) is 15.3 Å². The van der Waals surface area contributed by atoms with Crippen molar-refractivity contribution in [1.29, 1.82) is 0 Å². The molecule has 8 nitrogen and oxygen atoms in total. The van der Waals surface area contributed by atoms with E-state index >= 15 is 0 Å². The number of hydrogen-bond donors (Lipinski definition) is 1. The van der Waals surface area contributed by atoms with Crippen LogP contribution in [0, 0.1) is 10.1 Å². The number of nitrogens with one attached hydrogen (secondary N) is 1. The van der Waals surface area contributed by atoms with Crippen LogP contribution in [0.1, 0.15) is 6.92 Å². The van der Waals surface area contributed by atoms with Gasteiger partial charge in [-0.3, -0.25) is 10.1 Å². The van der Waals surface area contributed by atoms with Gasteiger partial charge >= 0.3 is 5.69 Å². The van der Waals surface area contributed by atoms with Gasteiger partial charge in [0.25, 0.3) is 0 Å². The average molecular weight is 290 g/mol. The van der Waals surface area contributed by atoms with E-state index in [1.165, 1.54) is 25.6 Å². The summed E-state index contributed by atoms with van der Waals surface area (Å²) in [4.78, 5) is 18.4. The molecule has 0 unspecified atom stereocenters. The highest BCUT2D eigenvalue weighted by atomic mass is 16.6. The number of hydrogen-bond acceptors (Lipinski definition) is 7. The van der Waals surface area contributed by atoms with Gasteiger partial charge in [0.15, 0.2) is 5.75 Å². The molecule has 0 aliphatic rings. The molecule has 0 aliphatic carbocycles. The number of benzene rings is 1. The first-order valence-corrected chi connectivity index (χ1v) is 6.20. The Labute approximate surface area is 120 Å². The molecule has 0 aliphatic heterocycles. The fourth-order valence-corrected chi connectivity index (χ4v) is 1.67. The number of nitrogens with zero attached hydrogens (tertiary/aromatic N) is 3. The van der Waals surface area contributed by atoms with Crippen molar-refractivity contribution in [2.45, 2.75) is 6.92 Å². The minimum atomic E-state index is -0.532. The molecule has 1 aromatic carbocycles. The molecule has 0 saturated carbocycles. The van der Waals surface area contributed by atoms with Gasteiger partial charge in [-0.25, -0.2) is 9.97 Å². The largest absolute Gasteiger partial charge is 0.490 e. The number of rotatable bonds is 6. The van der Waals surface area contributed by atoms with Crippen molar-refractivity contribution in [2.75, 3.05) is 19.0 Å². The number of nitro benzene ring substituents is 1. The Hall–Kier alpha value is -2.90. The molecule has 0 amide bonds. The molecular formula is C13H14N4O4. The van der Waals surface area contributed by atoms with Crippen LogP contribution in [-0.4, -0.2) is 28.5 Å². The molecule has 0 fully saturated rings. The second kappa shape index (κ2) is 6.51. The molecule has 0 spiro atoms. The van der Waals surface area contributed by atoms with E-state index < -0.39 is 4.92 Å². The third-order valence-electron chi connectivity index (χ3n) is 2.57. The lowest BCUT2D eigenvalue weighted by molar-refractivity contribution is -0.385. The van der Waals surface area contributed by atoms with Crippen molar-refractivity contribution in [3.05, 3.63) is 40.7 Å². The first kappa shape index (κ1) is 14.5. The minimum absolute atomic E-state index is 0.170. The zero-order valence-electron chi connectivity index (χ0n) is 11.6. The molecule has 0 bridgehead atoms. The van der Waals surface area contributed by atoms with E-state index in [1.54, 1.807) is 12.1 Å². The number of nitro groups is 1. The second-order valence-electron chi connectivity index (χ2n) is 3.96. The number of methoxy groups -OCH3 is 1. The Morgan fingerprint density at radius 1 is 1.33 bits per heavy atom. The summed E-state index contributed by atoms with van der Waals surface area (Å²) in [6.45, 7) is 2.65. The smallest absolute Gasteiger partial charge is 0.314 e. The van der Waals surface area contributed by atoms with Crippen LogP contribution in [0.15, 0.2) is 30.6 Å². The molecule has 1 aromatic heterocycles. The summed E-state index contributed by atoms with van der Waals surface area (Å²) < 4.78 is 10.4. The van der Waals surface area contributed by atoms with Gasteiger partial charge in [0.1, 0.15) is 17.9 Å². The summed E-state index contributed by atoms with van der Waals surface area (Å²) in [5.41, 5.74) is -0.170. The normalized spacial score (nSPS) is 10.0. The average Bonchev–Trinajstić information content (AvgIpc) is 2.48. The predicted molar refractivity (Wildman–Crippen MR) is 75.9 cm³/mol. The Morgan fingerprint density at radius 2 is 2.14 bits per heavy atom. The number of aromatic nitrogens is 2. The monoisotopic (exact) mass is 290 g/mol. The van der Waals surface area contributed by atoms with Gasteiger partial charge in [-0.1, -0.05) is 0 Å². The maximum atomic E-state index is 11.0. The second-order valence-corrected chi connectivity index (χ2v) is 3.96. The van der Waals surface area contributed by atoms with Crippen molar-refractivity contribution >= 4 is 11.5 Å². The number of ether oxygens (including phenoxy) is 2. The summed E-state index contributed by atoms with van der Waals surface area (Å²) >= 11 is 0. The van der Waals surface area contributed by atoms with E-state index in [0.717, 1.165) is 0 Å². The molecule has 0 atom stereocenters. The topological polar surface area (TPSA) is 99.4 Å². The van der Waals surface area contributed by atoms with Crippen molar-refractivity contribution in [1.82, 2.24) is 9.97 Å². The summed E-state index contributed by atoms with van der Waals surface area (Å²) in [7, 11) is 1.37. The van der Waals surface area contributed by atoms with Crippen molar-refractivity contribution in [3.8, 4) is 17.4 Å². The standard InChI is InChI=1S/C13H14N4O4/c1-3-14-12-7-13(16-8-15-12)21-9-4-5-11(20-2)10(6-9)17(18)19/h4-8H,3H2,1-2H3,(H,14,15,16). The first-order valence-electron chi connectivity index (χ1n) is 6.20. The zero-order chi connectivity index (χ0) is 15.2. The highest BCUT2D eigenvalue weighted by Gasteiger charge is 2.16. The minimum Gasteiger partial charge on any atom is -0.490 e. The lowest BCUT2D eigenvalue weighted by Gasteiger charge is -2.08. The summed E-state index contributed by atoms with van der Waals surface area (Å²) in [6.07, 6.45) is 1.35. The molecule has 1 N–H and O–H groups in total. The molecule has 0 radical (unpaired) electrons. The quantitative estimate of drug-likeness (QED) is 0.644. The van der Waals surface area contributed by atoms with Gasteiger partial charge in [-0.15, -0.1) is 0 Å². The van der Waals surface area contributed by atoms with Crippen LogP contribution < -0.4 is 14.8 Å². The molecule has 1 heterocycles. The highest BCUT2D eigenvalue weighted by Crippen LogP contribution is 2.32. The van der Waals surface area contributed by atoms with Crippen LogP contribution in [-0.2, 0) is 0 Å². The van der Waals surface area contributed by atoms with Gasteiger partial charge in [0.2, 0.25) is 5.88 Å². The number of anilines is 1. The van der Waals surface area contributed by atoms with Crippen LogP contribution in [0.4, 0.5) is 11.5 Å². The van der Waals surface area contributed by atoms with E-state index in [4.69, 9.17) is 9.47 Å². The molecular weight excluding hydrogens is 276 g/mol. The molecule has 8 heteroatoms. The SMILES string of the molecule is CCNc1cc(Oc2ccc(OC)c([N+](=O)[O-])c2)ncn1. The Morgan fingerprint density at radius 3 is 2.81 bits per heavy atom. The van der Waals surface area contributed by atoms with Crippen LogP contribution in [0.2, 0.25) is 0 Å². The Kier molecular flexibility index (Phi) is 4.50. The van der Waals surface area contributed by atoms with E-state index in [0.29, 0.717) is 24.0 Å². The summed E-state index contributed by atoms with van der Waals surface area (Å²) in [5, 5.41) is 14.0. The van der Waals surface area contributed by atoms with Crippen molar-refractivity contribution in [2.24, 2.45) is 0 Å². The maximum absolute atomic E-state index is 11.0. The lowest BCUT2D eigenvalue weighted by atomic mass is 10.3. The van der Waals surface area contributed by atoms with Crippen LogP contribution in [0.3, 0.4) is 0 Å². The van der Waals surface area contributed by atoms with Gasteiger partial charge in [-0.2, -0.15) is 0 Å². The third kappa shape index (κ3) is 3.56.